The van der Waals surface area contributed by atoms with Gasteiger partial charge < -0.3 is 9.84 Å². The van der Waals surface area contributed by atoms with Gasteiger partial charge in [-0.25, -0.2) is 13.1 Å². The summed E-state index contributed by atoms with van der Waals surface area (Å²) in [5, 5.41) is 9.84. The molecule has 0 aliphatic carbocycles. The number of benzene rings is 2. The number of hydrogen-bond acceptors (Lipinski definition) is 4. The number of rotatable bonds is 4. The van der Waals surface area contributed by atoms with Gasteiger partial charge in [0.15, 0.2) is 0 Å². The quantitative estimate of drug-likeness (QED) is 0.896. The highest BCUT2D eigenvalue weighted by Crippen LogP contribution is 2.38. The van der Waals surface area contributed by atoms with E-state index in [0.717, 1.165) is 5.56 Å². The van der Waals surface area contributed by atoms with Crippen LogP contribution in [-0.2, 0) is 10.0 Å². The lowest BCUT2D eigenvalue weighted by Crippen LogP contribution is -2.18. The first-order valence-electron chi connectivity index (χ1n) is 6.41. The van der Waals surface area contributed by atoms with Crippen LogP contribution in [0.5, 0.6) is 11.5 Å². The van der Waals surface area contributed by atoms with E-state index in [0.29, 0.717) is 16.9 Å². The molecule has 2 rings (SSSR count). The van der Waals surface area contributed by atoms with Crippen molar-refractivity contribution in [1.29, 1.82) is 0 Å². The van der Waals surface area contributed by atoms with Crippen LogP contribution in [0.4, 0.5) is 0 Å². The van der Waals surface area contributed by atoms with Crippen molar-refractivity contribution in [3.05, 3.63) is 40.9 Å². The van der Waals surface area contributed by atoms with E-state index in [1.165, 1.54) is 32.4 Å². The van der Waals surface area contributed by atoms with Crippen molar-refractivity contribution in [3.8, 4) is 22.6 Å². The molecule has 2 aromatic carbocycles. The van der Waals surface area contributed by atoms with E-state index < -0.39 is 10.0 Å². The number of aromatic hydroxyl groups is 1. The lowest BCUT2D eigenvalue weighted by atomic mass is 9.99. The van der Waals surface area contributed by atoms with Crippen LogP contribution < -0.4 is 9.46 Å². The van der Waals surface area contributed by atoms with Gasteiger partial charge in [0.2, 0.25) is 10.0 Å². The summed E-state index contributed by atoms with van der Waals surface area (Å²) in [4.78, 5) is 0.120. The van der Waals surface area contributed by atoms with Gasteiger partial charge in [-0.15, -0.1) is 0 Å². The summed E-state index contributed by atoms with van der Waals surface area (Å²) < 4.78 is 31.5. The van der Waals surface area contributed by atoms with Crippen molar-refractivity contribution in [2.45, 2.75) is 11.8 Å². The van der Waals surface area contributed by atoms with Crippen LogP contribution in [0.15, 0.2) is 35.2 Å². The number of phenolic OH excluding ortho intramolecular Hbond substituents is 1. The van der Waals surface area contributed by atoms with Gasteiger partial charge in [-0.05, 0) is 55.4 Å². The van der Waals surface area contributed by atoms with E-state index >= 15 is 0 Å². The van der Waals surface area contributed by atoms with E-state index in [9.17, 15) is 13.5 Å². The molecule has 0 bridgehead atoms. The van der Waals surface area contributed by atoms with Crippen LogP contribution >= 0.6 is 11.6 Å². The average Bonchev–Trinajstić information content (AvgIpc) is 2.50. The van der Waals surface area contributed by atoms with Gasteiger partial charge in [0.25, 0.3) is 0 Å². The van der Waals surface area contributed by atoms with E-state index in [1.807, 2.05) is 0 Å². The van der Waals surface area contributed by atoms with E-state index in [4.69, 9.17) is 16.3 Å². The molecular formula is C15H16ClNO4S. The summed E-state index contributed by atoms with van der Waals surface area (Å²) in [7, 11) is -0.721. The highest BCUT2D eigenvalue weighted by atomic mass is 35.5. The minimum absolute atomic E-state index is 0.0270. The predicted molar refractivity (Wildman–Crippen MR) is 86.1 cm³/mol. The van der Waals surface area contributed by atoms with Gasteiger partial charge in [-0.3, -0.25) is 0 Å². The third-order valence-corrected chi connectivity index (χ3v) is 5.05. The molecule has 0 saturated heterocycles. The van der Waals surface area contributed by atoms with Crippen LogP contribution in [-0.4, -0.2) is 27.7 Å². The molecule has 5 nitrogen and oxygen atoms in total. The largest absolute Gasteiger partial charge is 0.506 e. The van der Waals surface area contributed by atoms with Crippen molar-refractivity contribution < 1.29 is 18.3 Å². The zero-order valence-corrected chi connectivity index (χ0v) is 13.9. The Morgan fingerprint density at radius 1 is 1.18 bits per heavy atom. The van der Waals surface area contributed by atoms with Crippen LogP contribution in [0.2, 0.25) is 5.02 Å². The van der Waals surface area contributed by atoms with Crippen molar-refractivity contribution in [3.63, 3.8) is 0 Å². The fourth-order valence-corrected chi connectivity index (χ4v) is 3.06. The van der Waals surface area contributed by atoms with E-state index in [-0.39, 0.29) is 15.7 Å². The van der Waals surface area contributed by atoms with Crippen LogP contribution in [0.3, 0.4) is 0 Å². The van der Waals surface area contributed by atoms with Crippen molar-refractivity contribution >= 4 is 21.6 Å². The number of hydrogen-bond donors (Lipinski definition) is 2. The van der Waals surface area contributed by atoms with E-state index in [1.54, 1.807) is 19.1 Å². The smallest absolute Gasteiger partial charge is 0.240 e. The second-order valence-electron chi connectivity index (χ2n) is 4.69. The predicted octanol–water partition coefficient (Wildman–Crippen LogP) is 2.94. The molecule has 0 amide bonds. The van der Waals surface area contributed by atoms with Gasteiger partial charge in [-0.2, -0.15) is 0 Å². The molecule has 0 aliphatic heterocycles. The zero-order valence-electron chi connectivity index (χ0n) is 12.3. The second-order valence-corrected chi connectivity index (χ2v) is 6.98. The van der Waals surface area contributed by atoms with Crippen molar-refractivity contribution in [1.82, 2.24) is 4.72 Å². The molecule has 7 heteroatoms. The highest BCUT2D eigenvalue weighted by molar-refractivity contribution is 7.89. The van der Waals surface area contributed by atoms with Gasteiger partial charge in [0.05, 0.1) is 17.0 Å². The minimum Gasteiger partial charge on any atom is -0.506 e. The third kappa shape index (κ3) is 3.04. The number of phenols is 1. The molecule has 0 atom stereocenters. The molecule has 0 fully saturated rings. The summed E-state index contributed by atoms with van der Waals surface area (Å²) >= 11 is 5.97. The molecule has 0 unspecified atom stereocenters. The number of aryl methyl sites for hydroxylation is 1. The van der Waals surface area contributed by atoms with Crippen LogP contribution in [0, 0.1) is 6.92 Å². The van der Waals surface area contributed by atoms with E-state index in [2.05, 4.69) is 4.72 Å². The fourth-order valence-electron chi connectivity index (χ4n) is 2.14. The number of halogens is 1. The molecule has 0 heterocycles. The second kappa shape index (κ2) is 6.16. The van der Waals surface area contributed by atoms with Crippen molar-refractivity contribution in [2.24, 2.45) is 0 Å². The standard InChI is InChI=1S/C15H16ClNO4S/c1-9-6-14(18)13(16)8-11(9)12-7-10(22(19,20)17-2)4-5-15(12)21-3/h4-8,17-18H,1-3H3. The average molecular weight is 342 g/mol. The maximum absolute atomic E-state index is 12.0. The Morgan fingerprint density at radius 3 is 2.45 bits per heavy atom. The number of nitrogens with one attached hydrogen (secondary N) is 1. The summed E-state index contributed by atoms with van der Waals surface area (Å²) in [6.45, 7) is 1.80. The number of methoxy groups -OCH3 is 1. The summed E-state index contributed by atoms with van der Waals surface area (Å²) in [5.74, 6) is 0.487. The topological polar surface area (TPSA) is 75.6 Å². The maximum atomic E-state index is 12.0. The molecule has 0 saturated carbocycles. The Labute approximate surface area is 134 Å². The third-order valence-electron chi connectivity index (χ3n) is 3.33. The fraction of sp³-hybridized carbons (Fsp3) is 0.200. The molecule has 118 valence electrons. The summed E-state index contributed by atoms with van der Waals surface area (Å²) in [5.41, 5.74) is 2.02. The molecule has 22 heavy (non-hydrogen) atoms. The SMILES string of the molecule is CNS(=O)(=O)c1ccc(OC)c(-c2cc(Cl)c(O)cc2C)c1. The highest BCUT2D eigenvalue weighted by Gasteiger charge is 2.17. The minimum atomic E-state index is -3.57. The van der Waals surface area contributed by atoms with Crippen LogP contribution in [0.1, 0.15) is 5.56 Å². The van der Waals surface area contributed by atoms with Gasteiger partial charge in [0.1, 0.15) is 11.5 Å². The normalized spacial score (nSPS) is 11.5. The zero-order chi connectivity index (χ0) is 16.5. The molecule has 0 spiro atoms. The lowest BCUT2D eigenvalue weighted by molar-refractivity contribution is 0.416. The number of ether oxygens (including phenoxy) is 1. The molecule has 0 aliphatic rings. The Morgan fingerprint density at radius 2 is 1.86 bits per heavy atom. The summed E-state index contributed by atoms with van der Waals surface area (Å²) in [6, 6.07) is 7.67. The van der Waals surface area contributed by atoms with Gasteiger partial charge in [-0.1, -0.05) is 11.6 Å². The number of sulfonamides is 1. The molecule has 2 aromatic rings. The monoisotopic (exact) mass is 341 g/mol. The van der Waals surface area contributed by atoms with Gasteiger partial charge in [0, 0.05) is 5.56 Å². The molecule has 0 aromatic heterocycles. The first-order valence-corrected chi connectivity index (χ1v) is 8.27. The Hall–Kier alpha value is -1.76. The summed E-state index contributed by atoms with van der Waals surface area (Å²) in [6.07, 6.45) is 0. The molecule has 2 N–H and O–H groups in total. The lowest BCUT2D eigenvalue weighted by Gasteiger charge is -2.14. The Kier molecular flexibility index (Phi) is 4.65. The first kappa shape index (κ1) is 16.6. The van der Waals surface area contributed by atoms with Crippen molar-refractivity contribution in [2.75, 3.05) is 14.2 Å². The van der Waals surface area contributed by atoms with Gasteiger partial charge >= 0.3 is 0 Å². The first-order chi connectivity index (χ1) is 10.3. The van der Waals surface area contributed by atoms with Crippen LogP contribution in [0.25, 0.3) is 11.1 Å². The maximum Gasteiger partial charge on any atom is 0.240 e. The Bertz CT molecular complexity index is 819. The Balaban J connectivity index is 2.73. The molecular weight excluding hydrogens is 326 g/mol. The molecule has 0 radical (unpaired) electrons.